The number of benzene rings is 1. The topological polar surface area (TPSA) is 55.6 Å². The van der Waals surface area contributed by atoms with Crippen molar-refractivity contribution in [3.8, 4) is 5.75 Å². The molecule has 2 rings (SSSR count). The lowest BCUT2D eigenvalue weighted by Gasteiger charge is -2.43. The van der Waals surface area contributed by atoms with E-state index >= 15 is 0 Å². The quantitative estimate of drug-likeness (QED) is 0.548. The molecule has 0 radical (unpaired) electrons. The van der Waals surface area contributed by atoms with Gasteiger partial charge in [-0.15, -0.1) is 0 Å². The van der Waals surface area contributed by atoms with Gasteiger partial charge in [0.15, 0.2) is 0 Å². The van der Waals surface area contributed by atoms with Crippen LogP contribution in [0.5, 0.6) is 5.75 Å². The molecule has 5 heteroatoms. The number of rotatable bonds is 7. The van der Waals surface area contributed by atoms with Crippen LogP contribution in [0.15, 0.2) is 24.3 Å². The zero-order valence-electron chi connectivity index (χ0n) is 15.3. The van der Waals surface area contributed by atoms with Crippen LogP contribution >= 0.6 is 0 Å². The van der Waals surface area contributed by atoms with E-state index in [0.717, 1.165) is 43.7 Å². The van der Waals surface area contributed by atoms with Crippen LogP contribution in [0.1, 0.15) is 46.5 Å². The number of hydrogen-bond donors (Lipinski definition) is 0. The lowest BCUT2D eigenvalue weighted by molar-refractivity contribution is -0.539. The van der Waals surface area contributed by atoms with Gasteiger partial charge in [0.05, 0.1) is 13.2 Å². The third kappa shape index (κ3) is 4.00. The maximum Gasteiger partial charge on any atom is 0.236 e. The molecule has 24 heavy (non-hydrogen) atoms. The van der Waals surface area contributed by atoms with Crippen molar-refractivity contribution < 1.29 is 9.66 Å². The number of methoxy groups -OCH3 is 1. The van der Waals surface area contributed by atoms with E-state index < -0.39 is 6.04 Å². The summed E-state index contributed by atoms with van der Waals surface area (Å²) < 4.78 is 5.23. The Bertz CT molecular complexity index is 530. The molecule has 5 nitrogen and oxygen atoms in total. The number of nitrogens with zero attached hydrogens (tertiary/aromatic N) is 2. The summed E-state index contributed by atoms with van der Waals surface area (Å²) in [7, 11) is 1.65. The average Bonchev–Trinajstić information content (AvgIpc) is 2.58. The molecule has 1 aromatic rings. The highest BCUT2D eigenvalue weighted by Gasteiger charge is 2.46. The monoisotopic (exact) mass is 334 g/mol. The third-order valence-electron chi connectivity index (χ3n) is 5.29. The van der Waals surface area contributed by atoms with Gasteiger partial charge in [0.2, 0.25) is 6.04 Å². The molecule has 0 bridgehead atoms. The van der Waals surface area contributed by atoms with Crippen molar-refractivity contribution in [1.82, 2.24) is 0 Å². The van der Waals surface area contributed by atoms with E-state index in [1.54, 1.807) is 7.11 Å². The minimum atomic E-state index is -0.493. The van der Waals surface area contributed by atoms with E-state index in [1.165, 1.54) is 0 Å². The maximum absolute atomic E-state index is 11.9. The van der Waals surface area contributed by atoms with Crippen molar-refractivity contribution in [2.75, 3.05) is 18.6 Å². The Labute approximate surface area is 145 Å². The van der Waals surface area contributed by atoms with Crippen LogP contribution in [0.4, 0.5) is 5.69 Å². The molecule has 3 atom stereocenters. The van der Waals surface area contributed by atoms with Gasteiger partial charge >= 0.3 is 0 Å². The smallest absolute Gasteiger partial charge is 0.236 e. The van der Waals surface area contributed by atoms with Crippen molar-refractivity contribution >= 4 is 5.69 Å². The second-order valence-corrected chi connectivity index (χ2v) is 7.07. The summed E-state index contributed by atoms with van der Waals surface area (Å²) in [6.45, 7) is 7.25. The third-order valence-corrected chi connectivity index (χ3v) is 5.29. The van der Waals surface area contributed by atoms with Crippen LogP contribution in [0.25, 0.3) is 0 Å². The summed E-state index contributed by atoms with van der Waals surface area (Å²) in [5, 5.41) is 11.9. The van der Waals surface area contributed by atoms with E-state index in [1.807, 2.05) is 24.3 Å². The molecule has 0 aliphatic carbocycles. The first-order valence-electron chi connectivity index (χ1n) is 9.03. The molecule has 1 fully saturated rings. The van der Waals surface area contributed by atoms with Crippen LogP contribution in [0.2, 0.25) is 0 Å². The van der Waals surface area contributed by atoms with Gasteiger partial charge < -0.3 is 9.64 Å². The molecule has 1 aliphatic rings. The highest BCUT2D eigenvalue weighted by Crippen LogP contribution is 2.36. The van der Waals surface area contributed by atoms with Crippen LogP contribution < -0.4 is 9.64 Å². The van der Waals surface area contributed by atoms with Crippen LogP contribution in [-0.4, -0.2) is 30.7 Å². The van der Waals surface area contributed by atoms with E-state index in [9.17, 15) is 10.1 Å². The molecule has 1 heterocycles. The molecule has 0 spiro atoms. The van der Waals surface area contributed by atoms with E-state index in [0.29, 0.717) is 5.92 Å². The summed E-state index contributed by atoms with van der Waals surface area (Å²) in [6, 6.07) is 7.38. The predicted molar refractivity (Wildman–Crippen MR) is 97.4 cm³/mol. The molecule has 1 aromatic carbocycles. The standard InChI is InChI=1S/C19H30N2O3/c1-5-6-7-18-19(21(22)23)17(14(2)3)12-13-20(18)15-8-10-16(24-4)11-9-15/h8-11,14,17-19H,5-7,12-13H2,1-4H3/t17-,18+,19+/m0/s1. The molecule has 0 saturated carbocycles. The summed E-state index contributed by atoms with van der Waals surface area (Å²) >= 11 is 0. The minimum Gasteiger partial charge on any atom is -0.497 e. The number of anilines is 1. The molecule has 134 valence electrons. The van der Waals surface area contributed by atoms with Gasteiger partial charge in [-0.2, -0.15) is 0 Å². The Morgan fingerprint density at radius 1 is 1.33 bits per heavy atom. The Kier molecular flexibility index (Phi) is 6.46. The molecular formula is C19H30N2O3. The molecular weight excluding hydrogens is 304 g/mol. The fraction of sp³-hybridized carbons (Fsp3) is 0.684. The molecule has 0 aromatic heterocycles. The first-order chi connectivity index (χ1) is 11.5. The normalized spacial score (nSPS) is 24.2. The zero-order chi connectivity index (χ0) is 17.7. The van der Waals surface area contributed by atoms with Gasteiger partial charge in [0.25, 0.3) is 0 Å². The van der Waals surface area contributed by atoms with Gasteiger partial charge in [-0.05, 0) is 43.0 Å². The fourth-order valence-corrected chi connectivity index (χ4v) is 3.95. The van der Waals surface area contributed by atoms with Crippen molar-refractivity contribution in [3.63, 3.8) is 0 Å². The van der Waals surface area contributed by atoms with Gasteiger partial charge in [0.1, 0.15) is 5.75 Å². The number of piperidine rings is 1. The van der Waals surface area contributed by atoms with Crippen LogP contribution in [-0.2, 0) is 0 Å². The molecule has 0 amide bonds. The minimum absolute atomic E-state index is 0.0271. The summed E-state index contributed by atoms with van der Waals surface area (Å²) in [4.78, 5) is 14.1. The lowest BCUT2D eigenvalue weighted by atomic mass is 9.77. The zero-order valence-corrected chi connectivity index (χ0v) is 15.3. The molecule has 1 aliphatic heterocycles. The summed E-state index contributed by atoms with van der Waals surface area (Å²) in [5.74, 6) is 1.30. The number of unbranched alkanes of at least 4 members (excludes halogenated alkanes) is 1. The fourth-order valence-electron chi connectivity index (χ4n) is 3.95. The van der Waals surface area contributed by atoms with Crippen molar-refractivity contribution in [2.45, 2.75) is 58.5 Å². The highest BCUT2D eigenvalue weighted by atomic mass is 16.6. The second kappa shape index (κ2) is 8.36. The number of nitro groups is 1. The lowest BCUT2D eigenvalue weighted by Crippen LogP contribution is -2.57. The van der Waals surface area contributed by atoms with Gasteiger partial charge in [-0.25, -0.2) is 0 Å². The summed E-state index contributed by atoms with van der Waals surface area (Å²) in [5.41, 5.74) is 1.06. The maximum atomic E-state index is 11.9. The predicted octanol–water partition coefficient (Wildman–Crippen LogP) is 4.38. The van der Waals surface area contributed by atoms with Gasteiger partial charge in [-0.3, -0.25) is 10.1 Å². The largest absolute Gasteiger partial charge is 0.497 e. The van der Waals surface area contributed by atoms with Crippen molar-refractivity contribution in [3.05, 3.63) is 34.4 Å². The van der Waals surface area contributed by atoms with Crippen LogP contribution in [0.3, 0.4) is 0 Å². The Hall–Kier alpha value is -1.78. The van der Waals surface area contributed by atoms with E-state index in [2.05, 4.69) is 25.7 Å². The van der Waals surface area contributed by atoms with Crippen molar-refractivity contribution in [1.29, 1.82) is 0 Å². The number of ether oxygens (including phenoxy) is 1. The Balaban J connectivity index is 2.32. The summed E-state index contributed by atoms with van der Waals surface area (Å²) in [6.07, 6.45) is 3.82. The van der Waals surface area contributed by atoms with Gasteiger partial charge in [0, 0.05) is 23.1 Å². The Morgan fingerprint density at radius 2 is 2.00 bits per heavy atom. The molecule has 0 N–H and O–H groups in total. The Morgan fingerprint density at radius 3 is 2.50 bits per heavy atom. The average molecular weight is 334 g/mol. The first kappa shape index (κ1) is 18.6. The van der Waals surface area contributed by atoms with E-state index in [4.69, 9.17) is 4.74 Å². The molecule has 1 saturated heterocycles. The SMILES string of the molecule is CCCC[C@@H]1[C@H]([N+](=O)[O-])[C@H](C(C)C)CCN1c1ccc(OC)cc1. The van der Waals surface area contributed by atoms with Gasteiger partial charge in [-0.1, -0.05) is 33.6 Å². The van der Waals surface area contributed by atoms with Crippen LogP contribution in [0, 0.1) is 22.0 Å². The van der Waals surface area contributed by atoms with E-state index in [-0.39, 0.29) is 16.9 Å². The highest BCUT2D eigenvalue weighted by molar-refractivity contribution is 5.50. The second-order valence-electron chi connectivity index (χ2n) is 7.07. The first-order valence-corrected chi connectivity index (χ1v) is 9.03. The molecule has 0 unspecified atom stereocenters. The number of hydrogen-bond acceptors (Lipinski definition) is 4. The van der Waals surface area contributed by atoms with Crippen molar-refractivity contribution in [2.24, 2.45) is 11.8 Å².